The molecular formula is C8H17N3O5S. The fraction of sp³-hybridized carbons (Fsp3) is 0.750. The summed E-state index contributed by atoms with van der Waals surface area (Å²) in [4.78, 5) is 21.5. The summed E-state index contributed by atoms with van der Waals surface area (Å²) in [5.41, 5.74) is 5.42. The molecule has 17 heavy (non-hydrogen) atoms. The van der Waals surface area contributed by atoms with Gasteiger partial charge in [0.15, 0.2) is 0 Å². The zero-order valence-electron chi connectivity index (χ0n) is 9.26. The lowest BCUT2D eigenvalue weighted by molar-refractivity contribution is -0.137. The van der Waals surface area contributed by atoms with E-state index in [0.29, 0.717) is 0 Å². The van der Waals surface area contributed by atoms with E-state index in [1.165, 1.54) is 0 Å². The van der Waals surface area contributed by atoms with Crippen molar-refractivity contribution in [2.75, 3.05) is 12.3 Å². The van der Waals surface area contributed by atoms with E-state index in [1.54, 1.807) is 0 Å². The maximum atomic E-state index is 11.3. The molecule has 0 bridgehead atoms. The minimum atomic E-state index is -3.52. The van der Waals surface area contributed by atoms with Crippen LogP contribution >= 0.6 is 0 Å². The monoisotopic (exact) mass is 267 g/mol. The molecule has 0 rings (SSSR count). The van der Waals surface area contributed by atoms with Crippen molar-refractivity contribution >= 4 is 21.9 Å². The molecule has 9 heteroatoms. The van der Waals surface area contributed by atoms with Crippen LogP contribution in [0.25, 0.3) is 0 Å². The van der Waals surface area contributed by atoms with Gasteiger partial charge in [0, 0.05) is 13.0 Å². The summed E-state index contributed by atoms with van der Waals surface area (Å²) in [5, 5.41) is 15.5. The lowest BCUT2D eigenvalue weighted by Crippen LogP contribution is -2.41. The molecular weight excluding hydrogens is 250 g/mol. The highest BCUT2D eigenvalue weighted by molar-refractivity contribution is 7.89. The van der Waals surface area contributed by atoms with Gasteiger partial charge >= 0.3 is 5.97 Å². The van der Waals surface area contributed by atoms with Crippen LogP contribution in [-0.2, 0) is 19.6 Å². The molecule has 6 N–H and O–H groups in total. The molecule has 0 aliphatic heterocycles. The summed E-state index contributed by atoms with van der Waals surface area (Å²) >= 11 is 0. The number of carbonyl (C=O) groups is 2. The fourth-order valence-corrected chi connectivity index (χ4v) is 1.57. The molecule has 0 heterocycles. The van der Waals surface area contributed by atoms with Crippen LogP contribution in [0.1, 0.15) is 19.3 Å². The smallest absolute Gasteiger partial charge is 0.303 e. The molecule has 100 valence electrons. The molecule has 0 spiro atoms. The number of nitrogens with one attached hydrogen (secondary N) is 1. The van der Waals surface area contributed by atoms with Crippen molar-refractivity contribution in [1.29, 1.82) is 0 Å². The van der Waals surface area contributed by atoms with Gasteiger partial charge in [0.25, 0.3) is 0 Å². The average molecular weight is 267 g/mol. The number of carboxylic acid groups (broad SMARTS) is 1. The van der Waals surface area contributed by atoms with E-state index < -0.39 is 27.9 Å². The second kappa shape index (κ2) is 7.20. The van der Waals surface area contributed by atoms with Crippen LogP contribution in [0.15, 0.2) is 0 Å². The first-order valence-corrected chi connectivity index (χ1v) is 6.69. The second-order valence-corrected chi connectivity index (χ2v) is 5.28. The number of hydrogen-bond donors (Lipinski definition) is 4. The quantitative estimate of drug-likeness (QED) is 0.372. The van der Waals surface area contributed by atoms with E-state index in [1.807, 2.05) is 0 Å². The van der Waals surface area contributed by atoms with Gasteiger partial charge in [-0.05, 0) is 12.8 Å². The van der Waals surface area contributed by atoms with Crippen molar-refractivity contribution < 1.29 is 23.1 Å². The van der Waals surface area contributed by atoms with E-state index >= 15 is 0 Å². The van der Waals surface area contributed by atoms with Crippen molar-refractivity contribution in [3.05, 3.63) is 0 Å². The van der Waals surface area contributed by atoms with Gasteiger partial charge in [-0.2, -0.15) is 0 Å². The second-order valence-electron chi connectivity index (χ2n) is 3.55. The average Bonchev–Trinajstić information content (AvgIpc) is 2.19. The summed E-state index contributed by atoms with van der Waals surface area (Å²) < 4.78 is 21.1. The van der Waals surface area contributed by atoms with Crippen molar-refractivity contribution in [3.63, 3.8) is 0 Å². The van der Waals surface area contributed by atoms with Crippen LogP contribution in [0.2, 0.25) is 0 Å². The first-order chi connectivity index (χ1) is 7.72. The van der Waals surface area contributed by atoms with Gasteiger partial charge in [0.1, 0.15) is 0 Å². The molecule has 0 aromatic carbocycles. The van der Waals surface area contributed by atoms with Gasteiger partial charge < -0.3 is 16.2 Å². The van der Waals surface area contributed by atoms with Gasteiger partial charge in [-0.3, -0.25) is 9.59 Å². The minimum Gasteiger partial charge on any atom is -0.481 e. The Balaban J connectivity index is 3.75. The van der Waals surface area contributed by atoms with Crippen molar-refractivity contribution in [2.24, 2.45) is 10.9 Å². The summed E-state index contributed by atoms with van der Waals surface area (Å²) in [5.74, 6) is -1.75. The third kappa shape index (κ3) is 9.72. The molecule has 0 aromatic heterocycles. The molecule has 0 saturated carbocycles. The highest BCUT2D eigenvalue weighted by Gasteiger charge is 2.14. The normalized spacial score (nSPS) is 13.1. The maximum absolute atomic E-state index is 11.3. The van der Waals surface area contributed by atoms with Crippen LogP contribution in [0, 0.1) is 0 Å². The molecule has 1 atom stereocenters. The topological polar surface area (TPSA) is 153 Å². The van der Waals surface area contributed by atoms with Gasteiger partial charge in [0.05, 0.1) is 11.8 Å². The lowest BCUT2D eigenvalue weighted by Gasteiger charge is -2.10. The molecule has 0 aromatic rings. The summed E-state index contributed by atoms with van der Waals surface area (Å²) in [6.07, 6.45) is 0.0400. The van der Waals surface area contributed by atoms with Crippen LogP contribution < -0.4 is 16.2 Å². The number of amides is 1. The van der Waals surface area contributed by atoms with Crippen LogP contribution in [0.4, 0.5) is 0 Å². The molecule has 1 unspecified atom stereocenters. The maximum Gasteiger partial charge on any atom is 0.303 e. The highest BCUT2D eigenvalue weighted by Crippen LogP contribution is 1.94. The Hall–Kier alpha value is -1.19. The van der Waals surface area contributed by atoms with Crippen LogP contribution in [0.3, 0.4) is 0 Å². The van der Waals surface area contributed by atoms with Crippen molar-refractivity contribution in [1.82, 2.24) is 5.32 Å². The van der Waals surface area contributed by atoms with E-state index in [-0.39, 0.29) is 31.6 Å². The third-order valence-electron chi connectivity index (χ3n) is 1.91. The summed E-state index contributed by atoms with van der Waals surface area (Å²) in [6, 6.07) is -0.902. The summed E-state index contributed by atoms with van der Waals surface area (Å²) in [7, 11) is -3.52. The first kappa shape index (κ1) is 15.8. The number of rotatable bonds is 8. The van der Waals surface area contributed by atoms with E-state index in [2.05, 4.69) is 5.32 Å². The number of sulfonamides is 1. The predicted octanol–water partition coefficient (Wildman–Crippen LogP) is -2.03. The zero-order chi connectivity index (χ0) is 13.5. The van der Waals surface area contributed by atoms with Crippen LogP contribution in [0.5, 0.6) is 0 Å². The third-order valence-corrected chi connectivity index (χ3v) is 2.77. The number of carboxylic acids is 1. The van der Waals surface area contributed by atoms with Gasteiger partial charge in [0.2, 0.25) is 15.9 Å². The highest BCUT2D eigenvalue weighted by atomic mass is 32.2. The van der Waals surface area contributed by atoms with Gasteiger partial charge in [-0.15, -0.1) is 0 Å². The first-order valence-electron chi connectivity index (χ1n) is 4.98. The van der Waals surface area contributed by atoms with Crippen molar-refractivity contribution in [2.45, 2.75) is 25.3 Å². The Morgan fingerprint density at radius 2 is 1.94 bits per heavy atom. The predicted molar refractivity (Wildman–Crippen MR) is 60.4 cm³/mol. The Morgan fingerprint density at radius 3 is 2.41 bits per heavy atom. The molecule has 0 radical (unpaired) electrons. The molecule has 0 aliphatic rings. The number of carbonyl (C=O) groups excluding carboxylic acids is 1. The van der Waals surface area contributed by atoms with Gasteiger partial charge in [-0.1, -0.05) is 0 Å². The number of aliphatic carboxylic acids is 1. The zero-order valence-corrected chi connectivity index (χ0v) is 10.1. The van der Waals surface area contributed by atoms with E-state index in [9.17, 15) is 18.0 Å². The van der Waals surface area contributed by atoms with E-state index in [0.717, 1.165) is 0 Å². The molecule has 0 aliphatic carbocycles. The SMILES string of the molecule is NC(CCC(=O)O)C(=O)NCCCS(N)(=O)=O. The molecule has 0 fully saturated rings. The standard InChI is InChI=1S/C8H17N3O5S/c9-6(2-3-7(12)13)8(14)11-4-1-5-17(10,15)16/h6H,1-5,9H2,(H,11,14)(H,12,13)(H2,10,15,16). The number of hydrogen-bond acceptors (Lipinski definition) is 5. The molecule has 0 saturated heterocycles. The lowest BCUT2D eigenvalue weighted by atomic mass is 10.1. The Morgan fingerprint density at radius 1 is 1.35 bits per heavy atom. The fourth-order valence-electron chi connectivity index (χ4n) is 1.03. The number of nitrogens with two attached hydrogens (primary N) is 2. The van der Waals surface area contributed by atoms with E-state index in [4.69, 9.17) is 16.0 Å². The minimum absolute atomic E-state index is 0.0380. The van der Waals surface area contributed by atoms with Gasteiger partial charge in [-0.25, -0.2) is 13.6 Å². The Bertz CT molecular complexity index is 367. The van der Waals surface area contributed by atoms with Crippen LogP contribution in [-0.4, -0.2) is 43.7 Å². The Labute approximate surface area is 99.4 Å². The number of primary sulfonamides is 1. The Kier molecular flexibility index (Phi) is 6.69. The van der Waals surface area contributed by atoms with Crippen molar-refractivity contribution in [3.8, 4) is 0 Å². The largest absolute Gasteiger partial charge is 0.481 e. The molecule has 1 amide bonds. The summed E-state index contributed by atoms with van der Waals surface area (Å²) in [6.45, 7) is 0.135. The molecule has 8 nitrogen and oxygen atoms in total.